The molecule has 27 heavy (non-hydrogen) atoms. The molecular weight excluding hydrogens is 362 g/mol. The molecule has 1 aliphatic heterocycles. The van der Waals surface area contributed by atoms with Crippen LogP contribution in [0.15, 0.2) is 29.6 Å². The van der Waals surface area contributed by atoms with Crippen molar-refractivity contribution in [3.63, 3.8) is 0 Å². The first kappa shape index (κ1) is 18.2. The lowest BCUT2D eigenvalue weighted by Gasteiger charge is -2.26. The minimum Gasteiger partial charge on any atom is -0.461 e. The number of carbonyl (C=O) groups excluding carboxylic acids is 1. The molecule has 6 nitrogen and oxygen atoms in total. The Bertz CT molecular complexity index is 939. The van der Waals surface area contributed by atoms with Gasteiger partial charge in [0.15, 0.2) is 4.96 Å². The fourth-order valence-electron chi connectivity index (χ4n) is 3.34. The van der Waals surface area contributed by atoms with Gasteiger partial charge in [-0.05, 0) is 13.8 Å². The molecular formula is C20H23N3O3S. The molecule has 0 radical (unpaired) electrons. The first-order valence-corrected chi connectivity index (χ1v) is 10.1. The zero-order valence-corrected chi connectivity index (χ0v) is 16.4. The van der Waals surface area contributed by atoms with Crippen LogP contribution in [-0.2, 0) is 16.0 Å². The Kier molecular flexibility index (Phi) is 5.24. The molecule has 0 amide bonds. The fraction of sp³-hybridized carbons (Fsp3) is 0.400. The van der Waals surface area contributed by atoms with Crippen molar-refractivity contribution in [3.8, 4) is 11.3 Å². The highest BCUT2D eigenvalue weighted by Gasteiger charge is 2.24. The van der Waals surface area contributed by atoms with Crippen LogP contribution in [0.25, 0.3) is 16.2 Å². The van der Waals surface area contributed by atoms with Crippen LogP contribution in [-0.4, -0.2) is 53.2 Å². The van der Waals surface area contributed by atoms with Gasteiger partial charge in [-0.2, -0.15) is 0 Å². The van der Waals surface area contributed by atoms with E-state index in [1.54, 1.807) is 0 Å². The van der Waals surface area contributed by atoms with E-state index in [1.807, 2.05) is 16.7 Å². The number of hydrogen-bond acceptors (Lipinski definition) is 6. The SMILES string of the molecule is CCOC(=O)c1csc2nc(CN3CCOCC3)c(-c3ccc(C)cc3)n12. The minimum absolute atomic E-state index is 0.313. The average molecular weight is 385 g/mol. The monoisotopic (exact) mass is 385 g/mol. The van der Waals surface area contributed by atoms with E-state index in [1.165, 1.54) is 16.9 Å². The van der Waals surface area contributed by atoms with E-state index in [-0.39, 0.29) is 5.97 Å². The van der Waals surface area contributed by atoms with Crippen LogP contribution >= 0.6 is 11.3 Å². The van der Waals surface area contributed by atoms with Crippen molar-refractivity contribution in [2.75, 3.05) is 32.9 Å². The number of rotatable bonds is 5. The number of ether oxygens (including phenoxy) is 2. The number of morpholine rings is 1. The van der Waals surface area contributed by atoms with Crippen LogP contribution in [0.5, 0.6) is 0 Å². The number of esters is 1. The zero-order chi connectivity index (χ0) is 18.8. The summed E-state index contributed by atoms with van der Waals surface area (Å²) in [7, 11) is 0. The van der Waals surface area contributed by atoms with Crippen LogP contribution < -0.4 is 0 Å². The number of fused-ring (bicyclic) bond motifs is 1. The third-order valence-corrected chi connectivity index (χ3v) is 5.55. The van der Waals surface area contributed by atoms with Crippen molar-refractivity contribution in [1.29, 1.82) is 0 Å². The Morgan fingerprint density at radius 3 is 2.70 bits per heavy atom. The molecule has 1 fully saturated rings. The molecule has 2 aromatic heterocycles. The van der Waals surface area contributed by atoms with Crippen LogP contribution in [0, 0.1) is 6.92 Å². The second kappa shape index (κ2) is 7.80. The molecule has 0 unspecified atom stereocenters. The fourth-order valence-corrected chi connectivity index (χ4v) is 4.22. The van der Waals surface area contributed by atoms with Gasteiger partial charge in [-0.1, -0.05) is 29.8 Å². The lowest BCUT2D eigenvalue weighted by molar-refractivity contribution is 0.0338. The Labute approximate surface area is 162 Å². The zero-order valence-electron chi connectivity index (χ0n) is 15.6. The molecule has 0 bridgehead atoms. The summed E-state index contributed by atoms with van der Waals surface area (Å²) in [4.78, 5) is 20.5. The summed E-state index contributed by atoms with van der Waals surface area (Å²) in [6, 6.07) is 8.36. The maximum atomic E-state index is 12.5. The van der Waals surface area contributed by atoms with Gasteiger partial charge in [-0.25, -0.2) is 9.78 Å². The second-order valence-corrected chi connectivity index (χ2v) is 7.46. The van der Waals surface area contributed by atoms with Crippen LogP contribution in [0.1, 0.15) is 28.7 Å². The number of thiazole rings is 1. The Morgan fingerprint density at radius 2 is 2.00 bits per heavy atom. The predicted octanol–water partition coefficient (Wildman–Crippen LogP) is 3.38. The molecule has 3 heterocycles. The molecule has 0 atom stereocenters. The highest BCUT2D eigenvalue weighted by molar-refractivity contribution is 7.15. The van der Waals surface area contributed by atoms with Gasteiger partial charge >= 0.3 is 5.97 Å². The number of aromatic nitrogens is 2. The minimum atomic E-state index is -0.313. The maximum Gasteiger partial charge on any atom is 0.356 e. The van der Waals surface area contributed by atoms with Crippen LogP contribution in [0.2, 0.25) is 0 Å². The first-order valence-electron chi connectivity index (χ1n) is 9.20. The average Bonchev–Trinajstić information content (AvgIpc) is 3.22. The van der Waals surface area contributed by atoms with Crippen molar-refractivity contribution < 1.29 is 14.3 Å². The molecule has 0 N–H and O–H groups in total. The third kappa shape index (κ3) is 3.63. The van der Waals surface area contributed by atoms with E-state index in [4.69, 9.17) is 14.5 Å². The van der Waals surface area contributed by atoms with Gasteiger partial charge in [-0.15, -0.1) is 11.3 Å². The summed E-state index contributed by atoms with van der Waals surface area (Å²) in [5.74, 6) is -0.313. The Balaban J connectivity index is 1.82. The number of hydrogen-bond donors (Lipinski definition) is 0. The van der Waals surface area contributed by atoms with Crippen molar-refractivity contribution in [2.24, 2.45) is 0 Å². The molecule has 0 spiro atoms. The number of carbonyl (C=O) groups is 1. The second-order valence-electron chi connectivity index (χ2n) is 6.62. The highest BCUT2D eigenvalue weighted by atomic mass is 32.1. The standard InChI is InChI=1S/C20H23N3O3S/c1-3-26-19(24)17-13-27-20-21-16(12-22-8-10-25-11-9-22)18(23(17)20)15-6-4-14(2)5-7-15/h4-7,13H,3,8-12H2,1-2H3. The van der Waals surface area contributed by atoms with E-state index in [0.29, 0.717) is 12.3 Å². The summed E-state index contributed by atoms with van der Waals surface area (Å²) in [5.41, 5.74) is 4.75. The molecule has 1 aromatic carbocycles. The van der Waals surface area contributed by atoms with Gasteiger partial charge in [-0.3, -0.25) is 9.30 Å². The first-order chi connectivity index (χ1) is 13.2. The van der Waals surface area contributed by atoms with E-state index in [2.05, 4.69) is 36.1 Å². The number of aryl methyl sites for hydroxylation is 1. The molecule has 0 aliphatic carbocycles. The number of imidazole rings is 1. The molecule has 3 aromatic rings. The van der Waals surface area contributed by atoms with Crippen molar-refractivity contribution in [1.82, 2.24) is 14.3 Å². The summed E-state index contributed by atoms with van der Waals surface area (Å²) in [6.07, 6.45) is 0. The molecule has 0 saturated carbocycles. The van der Waals surface area contributed by atoms with Gasteiger partial charge in [0.25, 0.3) is 0 Å². The van der Waals surface area contributed by atoms with E-state index < -0.39 is 0 Å². The van der Waals surface area contributed by atoms with Gasteiger partial charge < -0.3 is 9.47 Å². The van der Waals surface area contributed by atoms with Gasteiger partial charge in [0.2, 0.25) is 0 Å². The van der Waals surface area contributed by atoms with Crippen molar-refractivity contribution in [2.45, 2.75) is 20.4 Å². The molecule has 1 aliphatic rings. The summed E-state index contributed by atoms with van der Waals surface area (Å²) < 4.78 is 12.7. The largest absolute Gasteiger partial charge is 0.461 e. The normalized spacial score (nSPS) is 15.3. The quantitative estimate of drug-likeness (QED) is 0.630. The lowest BCUT2D eigenvalue weighted by Crippen LogP contribution is -2.35. The van der Waals surface area contributed by atoms with Crippen molar-refractivity contribution in [3.05, 3.63) is 46.6 Å². The highest BCUT2D eigenvalue weighted by Crippen LogP contribution is 2.31. The van der Waals surface area contributed by atoms with E-state index in [0.717, 1.165) is 54.8 Å². The summed E-state index contributed by atoms with van der Waals surface area (Å²) in [5, 5.41) is 1.83. The maximum absolute atomic E-state index is 12.5. The van der Waals surface area contributed by atoms with Gasteiger partial charge in [0.1, 0.15) is 5.69 Å². The van der Waals surface area contributed by atoms with E-state index in [9.17, 15) is 4.79 Å². The summed E-state index contributed by atoms with van der Waals surface area (Å²) in [6.45, 7) is 8.26. The number of benzene rings is 1. The van der Waals surface area contributed by atoms with E-state index >= 15 is 0 Å². The van der Waals surface area contributed by atoms with Crippen molar-refractivity contribution >= 4 is 22.3 Å². The smallest absolute Gasteiger partial charge is 0.356 e. The summed E-state index contributed by atoms with van der Waals surface area (Å²) >= 11 is 1.47. The Morgan fingerprint density at radius 1 is 1.26 bits per heavy atom. The predicted molar refractivity (Wildman–Crippen MR) is 105 cm³/mol. The molecule has 4 rings (SSSR count). The van der Waals surface area contributed by atoms with Gasteiger partial charge in [0.05, 0.1) is 31.2 Å². The molecule has 7 heteroatoms. The third-order valence-electron chi connectivity index (χ3n) is 4.72. The Hall–Kier alpha value is -2.22. The van der Waals surface area contributed by atoms with Crippen LogP contribution in [0.3, 0.4) is 0 Å². The lowest BCUT2D eigenvalue weighted by atomic mass is 10.1. The molecule has 1 saturated heterocycles. The van der Waals surface area contributed by atoms with Gasteiger partial charge in [0, 0.05) is 30.6 Å². The topological polar surface area (TPSA) is 56.1 Å². The van der Waals surface area contributed by atoms with Crippen LogP contribution in [0.4, 0.5) is 0 Å². The number of nitrogens with zero attached hydrogens (tertiary/aromatic N) is 3. The molecule has 142 valence electrons.